The number of nitriles is 2. The van der Waals surface area contributed by atoms with E-state index in [2.05, 4.69) is 11.4 Å². The zero-order valence-electron chi connectivity index (χ0n) is 18.9. The molecule has 0 bridgehead atoms. The van der Waals surface area contributed by atoms with E-state index in [0.717, 1.165) is 11.1 Å². The Morgan fingerprint density at radius 3 is 2.35 bits per heavy atom. The number of benzene rings is 3. The summed E-state index contributed by atoms with van der Waals surface area (Å²) < 4.78 is 16.3. The molecule has 3 aromatic rings. The first-order chi connectivity index (χ1) is 16.6. The molecule has 0 aliphatic heterocycles. The van der Waals surface area contributed by atoms with E-state index in [9.17, 15) is 15.3 Å². The number of rotatable bonds is 9. The van der Waals surface area contributed by atoms with Crippen LogP contribution in [0.2, 0.25) is 0 Å². The SMILES string of the molecule is COc1ccc(CNC(=O)/C(C#N)=C/c2ccc(OCc3ccccc3C#N)cc2)c(OC)c1. The van der Waals surface area contributed by atoms with Crippen LogP contribution in [0.1, 0.15) is 22.3 Å². The average Bonchev–Trinajstić information content (AvgIpc) is 2.89. The summed E-state index contributed by atoms with van der Waals surface area (Å²) in [6, 6.07) is 23.6. The summed E-state index contributed by atoms with van der Waals surface area (Å²) in [5.41, 5.74) is 2.78. The van der Waals surface area contributed by atoms with Gasteiger partial charge in [-0.3, -0.25) is 4.79 Å². The number of ether oxygens (including phenoxy) is 3. The van der Waals surface area contributed by atoms with E-state index in [0.29, 0.717) is 28.4 Å². The maximum absolute atomic E-state index is 12.5. The minimum Gasteiger partial charge on any atom is -0.497 e. The maximum atomic E-state index is 12.5. The monoisotopic (exact) mass is 453 g/mol. The molecule has 0 aliphatic carbocycles. The Balaban J connectivity index is 1.63. The van der Waals surface area contributed by atoms with Gasteiger partial charge in [0, 0.05) is 23.7 Å². The molecule has 0 fully saturated rings. The Morgan fingerprint density at radius 1 is 0.941 bits per heavy atom. The lowest BCUT2D eigenvalue weighted by atomic mass is 10.1. The number of methoxy groups -OCH3 is 2. The first-order valence-corrected chi connectivity index (χ1v) is 10.4. The molecule has 0 heterocycles. The first kappa shape index (κ1) is 23.9. The summed E-state index contributed by atoms with van der Waals surface area (Å²) in [4.78, 5) is 12.5. The van der Waals surface area contributed by atoms with E-state index in [-0.39, 0.29) is 18.7 Å². The molecule has 1 N–H and O–H groups in total. The molecule has 1 amide bonds. The highest BCUT2D eigenvalue weighted by Gasteiger charge is 2.11. The fourth-order valence-corrected chi connectivity index (χ4v) is 3.16. The van der Waals surface area contributed by atoms with Crippen molar-refractivity contribution in [3.8, 4) is 29.4 Å². The molecule has 0 radical (unpaired) electrons. The smallest absolute Gasteiger partial charge is 0.262 e. The zero-order chi connectivity index (χ0) is 24.3. The zero-order valence-corrected chi connectivity index (χ0v) is 18.9. The van der Waals surface area contributed by atoms with Gasteiger partial charge >= 0.3 is 0 Å². The third-order valence-corrected chi connectivity index (χ3v) is 5.02. The number of carbonyl (C=O) groups excluding carboxylic acids is 1. The molecular weight excluding hydrogens is 430 g/mol. The van der Waals surface area contributed by atoms with E-state index in [1.165, 1.54) is 13.2 Å². The van der Waals surface area contributed by atoms with Crippen molar-refractivity contribution in [1.29, 1.82) is 10.5 Å². The molecule has 3 aromatic carbocycles. The van der Waals surface area contributed by atoms with Gasteiger partial charge in [0.15, 0.2) is 0 Å². The Morgan fingerprint density at radius 2 is 1.68 bits per heavy atom. The number of hydrogen-bond acceptors (Lipinski definition) is 6. The molecule has 7 nitrogen and oxygen atoms in total. The molecule has 0 spiro atoms. The fourth-order valence-electron chi connectivity index (χ4n) is 3.16. The van der Waals surface area contributed by atoms with Crippen molar-refractivity contribution in [1.82, 2.24) is 5.32 Å². The van der Waals surface area contributed by atoms with Gasteiger partial charge in [-0.1, -0.05) is 30.3 Å². The Bertz CT molecular complexity index is 1270. The lowest BCUT2D eigenvalue weighted by molar-refractivity contribution is -0.117. The van der Waals surface area contributed by atoms with Crippen molar-refractivity contribution >= 4 is 12.0 Å². The number of nitrogens with zero attached hydrogens (tertiary/aromatic N) is 2. The van der Waals surface area contributed by atoms with Crippen molar-refractivity contribution in [3.05, 3.63) is 94.6 Å². The fraction of sp³-hybridized carbons (Fsp3) is 0.148. The largest absolute Gasteiger partial charge is 0.497 e. The molecule has 170 valence electrons. The van der Waals surface area contributed by atoms with E-state index < -0.39 is 5.91 Å². The molecule has 0 saturated carbocycles. The van der Waals surface area contributed by atoms with Gasteiger partial charge < -0.3 is 19.5 Å². The number of nitrogens with one attached hydrogen (secondary N) is 1. The van der Waals surface area contributed by atoms with Crippen LogP contribution >= 0.6 is 0 Å². The summed E-state index contributed by atoms with van der Waals surface area (Å²) in [6.45, 7) is 0.460. The van der Waals surface area contributed by atoms with Crippen molar-refractivity contribution in [2.75, 3.05) is 14.2 Å². The summed E-state index contributed by atoms with van der Waals surface area (Å²) >= 11 is 0. The topological polar surface area (TPSA) is 104 Å². The van der Waals surface area contributed by atoms with Crippen LogP contribution in [0.5, 0.6) is 17.2 Å². The van der Waals surface area contributed by atoms with Gasteiger partial charge in [0.05, 0.1) is 25.9 Å². The maximum Gasteiger partial charge on any atom is 0.262 e. The van der Waals surface area contributed by atoms with Gasteiger partial charge in [0.25, 0.3) is 5.91 Å². The standard InChI is InChI=1S/C27H23N3O4/c1-32-25-12-9-21(26(14-25)33-2)17-30-27(31)23(16-29)13-19-7-10-24(11-8-19)34-18-22-6-4-3-5-20(22)15-28/h3-14H,17-18H2,1-2H3,(H,30,31)/b23-13+. The molecule has 0 aliphatic rings. The molecule has 0 aromatic heterocycles. The highest BCUT2D eigenvalue weighted by molar-refractivity contribution is 6.01. The minimum absolute atomic E-state index is 0.0240. The second-order valence-corrected chi connectivity index (χ2v) is 7.16. The Kier molecular flexibility index (Phi) is 8.26. The quantitative estimate of drug-likeness (QED) is 0.381. The van der Waals surface area contributed by atoms with Gasteiger partial charge in [-0.15, -0.1) is 0 Å². The van der Waals surface area contributed by atoms with Gasteiger partial charge in [-0.2, -0.15) is 10.5 Å². The van der Waals surface area contributed by atoms with Crippen LogP contribution in [-0.4, -0.2) is 20.1 Å². The summed E-state index contributed by atoms with van der Waals surface area (Å²) in [7, 11) is 3.10. The van der Waals surface area contributed by atoms with Gasteiger partial charge in [-0.25, -0.2) is 0 Å². The van der Waals surface area contributed by atoms with Crippen LogP contribution < -0.4 is 19.5 Å². The molecule has 7 heteroatoms. The summed E-state index contributed by atoms with van der Waals surface area (Å²) in [5, 5.41) is 21.4. The lowest BCUT2D eigenvalue weighted by Crippen LogP contribution is -2.24. The van der Waals surface area contributed by atoms with Gasteiger partial charge in [-0.05, 0) is 42.0 Å². The highest BCUT2D eigenvalue weighted by Crippen LogP contribution is 2.24. The van der Waals surface area contributed by atoms with E-state index in [4.69, 9.17) is 14.2 Å². The molecular formula is C27H23N3O4. The van der Waals surface area contributed by atoms with Crippen LogP contribution in [0.25, 0.3) is 6.08 Å². The Labute approximate surface area is 198 Å². The minimum atomic E-state index is -0.492. The number of carbonyl (C=O) groups is 1. The predicted molar refractivity (Wildman–Crippen MR) is 127 cm³/mol. The van der Waals surface area contributed by atoms with Crippen LogP contribution in [0.3, 0.4) is 0 Å². The summed E-state index contributed by atoms with van der Waals surface area (Å²) in [5.74, 6) is 1.34. The van der Waals surface area contributed by atoms with E-state index >= 15 is 0 Å². The second kappa shape index (κ2) is 11.8. The van der Waals surface area contributed by atoms with Crippen molar-refractivity contribution < 1.29 is 19.0 Å². The predicted octanol–water partition coefficient (Wildman–Crippen LogP) is 4.38. The number of hydrogen-bond donors (Lipinski definition) is 1. The Hall–Kier alpha value is -4.75. The van der Waals surface area contributed by atoms with E-state index in [1.807, 2.05) is 18.2 Å². The lowest BCUT2D eigenvalue weighted by Gasteiger charge is -2.11. The first-order valence-electron chi connectivity index (χ1n) is 10.4. The molecule has 0 saturated heterocycles. The van der Waals surface area contributed by atoms with Crippen LogP contribution in [0.15, 0.2) is 72.3 Å². The summed E-state index contributed by atoms with van der Waals surface area (Å²) in [6.07, 6.45) is 1.51. The van der Waals surface area contributed by atoms with Gasteiger partial charge in [0.2, 0.25) is 0 Å². The van der Waals surface area contributed by atoms with Crippen LogP contribution in [-0.2, 0) is 17.9 Å². The highest BCUT2D eigenvalue weighted by atomic mass is 16.5. The van der Waals surface area contributed by atoms with Crippen molar-refractivity contribution in [2.24, 2.45) is 0 Å². The number of amides is 1. The third kappa shape index (κ3) is 6.15. The normalized spacial score (nSPS) is 10.5. The van der Waals surface area contributed by atoms with Crippen molar-refractivity contribution in [3.63, 3.8) is 0 Å². The van der Waals surface area contributed by atoms with Crippen molar-refractivity contribution in [2.45, 2.75) is 13.2 Å². The van der Waals surface area contributed by atoms with E-state index in [1.54, 1.807) is 61.7 Å². The van der Waals surface area contributed by atoms with Gasteiger partial charge in [0.1, 0.15) is 35.5 Å². The molecule has 34 heavy (non-hydrogen) atoms. The van der Waals surface area contributed by atoms with Crippen LogP contribution in [0, 0.1) is 22.7 Å². The van der Waals surface area contributed by atoms with Crippen LogP contribution in [0.4, 0.5) is 0 Å². The molecule has 0 unspecified atom stereocenters. The third-order valence-electron chi connectivity index (χ3n) is 5.02. The second-order valence-electron chi connectivity index (χ2n) is 7.16. The average molecular weight is 453 g/mol. The molecule has 3 rings (SSSR count). The molecule has 0 atom stereocenters.